The quantitative estimate of drug-likeness (QED) is 0.366. The zero-order chi connectivity index (χ0) is 21.4. The number of aryl methyl sites for hydroxylation is 1. The molecule has 0 amide bonds. The molecule has 0 aliphatic carbocycles. The molecule has 0 saturated carbocycles. The molecule has 0 aliphatic heterocycles. The third-order valence-electron chi connectivity index (χ3n) is 5.88. The summed E-state index contributed by atoms with van der Waals surface area (Å²) in [4.78, 5) is 10.9. The van der Waals surface area contributed by atoms with Crippen LogP contribution in [0.2, 0.25) is 0 Å². The van der Waals surface area contributed by atoms with Crippen LogP contribution in [-0.4, -0.2) is 22.2 Å². The van der Waals surface area contributed by atoms with E-state index in [-0.39, 0.29) is 6.42 Å². The van der Waals surface area contributed by atoms with Gasteiger partial charge in [-0.3, -0.25) is 4.79 Å². The van der Waals surface area contributed by atoms with Crippen LogP contribution in [0.5, 0.6) is 0 Å². The first-order valence-corrected chi connectivity index (χ1v) is 10.6. The number of nitrogens with two attached hydrogens (primary N) is 1. The lowest BCUT2D eigenvalue weighted by Crippen LogP contribution is -2.02. The van der Waals surface area contributed by atoms with E-state index in [0.717, 1.165) is 50.4 Å². The van der Waals surface area contributed by atoms with Crippen LogP contribution < -0.4 is 5.73 Å². The number of hydrogen-bond acceptors (Lipinski definition) is 3. The van der Waals surface area contributed by atoms with Gasteiger partial charge in [0.1, 0.15) is 11.2 Å². The number of hydrogen-bond donors (Lipinski definition) is 2. The lowest BCUT2D eigenvalue weighted by atomic mass is 9.99. The van der Waals surface area contributed by atoms with Gasteiger partial charge >= 0.3 is 5.97 Å². The first-order valence-electron chi connectivity index (χ1n) is 10.6. The van der Waals surface area contributed by atoms with Gasteiger partial charge in [0.25, 0.3) is 0 Å². The van der Waals surface area contributed by atoms with Gasteiger partial charge in [-0.05, 0) is 48.7 Å². The van der Waals surface area contributed by atoms with Crippen LogP contribution in [0, 0.1) is 0 Å². The Hall–Kier alpha value is -3.57. The molecule has 0 radical (unpaired) electrons. The fourth-order valence-corrected chi connectivity index (χ4v) is 4.45. The second kappa shape index (κ2) is 7.93. The summed E-state index contributed by atoms with van der Waals surface area (Å²) in [7, 11) is 0. The van der Waals surface area contributed by atoms with Crippen LogP contribution in [0.25, 0.3) is 44.0 Å². The van der Waals surface area contributed by atoms with Crippen molar-refractivity contribution in [2.24, 2.45) is 5.73 Å². The zero-order valence-electron chi connectivity index (χ0n) is 17.2. The van der Waals surface area contributed by atoms with Crippen LogP contribution in [-0.2, 0) is 17.8 Å². The molecule has 0 bridgehead atoms. The number of carboxylic acids is 1. The Kier molecular flexibility index (Phi) is 4.96. The Morgan fingerprint density at radius 3 is 2.68 bits per heavy atom. The molecule has 0 atom stereocenters. The van der Waals surface area contributed by atoms with Gasteiger partial charge < -0.3 is 19.8 Å². The molecule has 2 aromatic heterocycles. The Morgan fingerprint density at radius 2 is 1.84 bits per heavy atom. The third kappa shape index (κ3) is 3.47. The van der Waals surface area contributed by atoms with Gasteiger partial charge in [0.15, 0.2) is 0 Å². The van der Waals surface area contributed by atoms with Gasteiger partial charge in [-0.1, -0.05) is 42.5 Å². The molecular weight excluding hydrogens is 388 g/mol. The molecule has 3 N–H and O–H groups in total. The highest BCUT2D eigenvalue weighted by atomic mass is 16.4. The number of para-hydroxylation sites is 2. The number of aromatic nitrogens is 1. The van der Waals surface area contributed by atoms with E-state index in [2.05, 4.69) is 53.2 Å². The molecule has 156 valence electrons. The number of furan rings is 1. The first kappa shape index (κ1) is 19.4. The van der Waals surface area contributed by atoms with Crippen LogP contribution >= 0.6 is 0 Å². The standard InChI is InChI=1S/C26H24N2O3/c27-13-12-18-16-28(14-4-9-25(29)30)23-11-10-17(15-22(18)23)19-6-3-7-21-20-5-1-2-8-24(20)31-26(19)21/h1-3,5-8,10-11,15-16H,4,9,12-14,27H2,(H,29,30). The van der Waals surface area contributed by atoms with E-state index in [0.29, 0.717) is 19.5 Å². The topological polar surface area (TPSA) is 81.4 Å². The molecule has 0 spiro atoms. The van der Waals surface area contributed by atoms with E-state index in [1.165, 1.54) is 5.56 Å². The highest BCUT2D eigenvalue weighted by molar-refractivity contribution is 6.10. The van der Waals surface area contributed by atoms with Crippen molar-refractivity contribution in [1.82, 2.24) is 4.57 Å². The average molecular weight is 412 g/mol. The van der Waals surface area contributed by atoms with E-state index in [9.17, 15) is 4.79 Å². The van der Waals surface area contributed by atoms with Gasteiger partial charge in [-0.15, -0.1) is 0 Å². The Bertz CT molecular complexity index is 1410. The molecule has 0 unspecified atom stereocenters. The monoisotopic (exact) mass is 412 g/mol. The summed E-state index contributed by atoms with van der Waals surface area (Å²) >= 11 is 0. The molecule has 5 aromatic rings. The van der Waals surface area contributed by atoms with Crippen LogP contribution in [0.1, 0.15) is 18.4 Å². The number of aliphatic carboxylic acids is 1. The lowest BCUT2D eigenvalue weighted by molar-refractivity contribution is -0.137. The van der Waals surface area contributed by atoms with E-state index in [1.807, 2.05) is 18.2 Å². The highest BCUT2D eigenvalue weighted by Crippen LogP contribution is 2.37. The number of nitrogens with zero attached hydrogens (tertiary/aromatic N) is 1. The molecule has 5 heteroatoms. The average Bonchev–Trinajstić information content (AvgIpc) is 3.32. The Morgan fingerprint density at radius 1 is 1.00 bits per heavy atom. The van der Waals surface area contributed by atoms with Gasteiger partial charge in [-0.25, -0.2) is 0 Å². The third-order valence-corrected chi connectivity index (χ3v) is 5.88. The molecule has 2 heterocycles. The van der Waals surface area contributed by atoms with Gasteiger partial charge in [0.05, 0.1) is 0 Å². The molecular formula is C26H24N2O3. The van der Waals surface area contributed by atoms with Gasteiger partial charge in [-0.2, -0.15) is 0 Å². The summed E-state index contributed by atoms with van der Waals surface area (Å²) in [6.45, 7) is 1.24. The minimum absolute atomic E-state index is 0.165. The number of carboxylic acid groups (broad SMARTS) is 1. The summed E-state index contributed by atoms with van der Waals surface area (Å²) in [6.07, 6.45) is 3.66. The smallest absolute Gasteiger partial charge is 0.303 e. The summed E-state index contributed by atoms with van der Waals surface area (Å²) in [5.41, 5.74) is 12.1. The zero-order valence-corrected chi connectivity index (χ0v) is 17.2. The van der Waals surface area contributed by atoms with Crippen LogP contribution in [0.4, 0.5) is 0 Å². The predicted octanol–water partition coefficient (Wildman–Crippen LogP) is 5.57. The lowest BCUT2D eigenvalue weighted by Gasteiger charge is -2.07. The minimum atomic E-state index is -0.764. The second-order valence-electron chi connectivity index (χ2n) is 7.90. The molecule has 0 fully saturated rings. The maximum Gasteiger partial charge on any atom is 0.303 e. The van der Waals surface area contributed by atoms with Crippen molar-refractivity contribution in [3.63, 3.8) is 0 Å². The van der Waals surface area contributed by atoms with Crippen molar-refractivity contribution >= 4 is 38.8 Å². The summed E-state index contributed by atoms with van der Waals surface area (Å²) < 4.78 is 8.38. The van der Waals surface area contributed by atoms with Crippen molar-refractivity contribution < 1.29 is 14.3 Å². The molecule has 0 saturated heterocycles. The maximum absolute atomic E-state index is 10.9. The number of benzene rings is 3. The fourth-order valence-electron chi connectivity index (χ4n) is 4.45. The Balaban J connectivity index is 1.63. The Labute approximate surface area is 179 Å². The number of rotatable bonds is 7. The predicted molar refractivity (Wildman–Crippen MR) is 124 cm³/mol. The van der Waals surface area contributed by atoms with Gasteiger partial charge in [0.2, 0.25) is 0 Å². The second-order valence-corrected chi connectivity index (χ2v) is 7.90. The van der Waals surface area contributed by atoms with Crippen molar-refractivity contribution in [3.05, 3.63) is 72.4 Å². The normalized spacial score (nSPS) is 11.6. The first-order chi connectivity index (χ1) is 15.2. The fraction of sp³-hybridized carbons (Fsp3) is 0.192. The van der Waals surface area contributed by atoms with Crippen molar-refractivity contribution in [1.29, 1.82) is 0 Å². The molecule has 0 aliphatic rings. The van der Waals surface area contributed by atoms with Crippen molar-refractivity contribution in [2.75, 3.05) is 6.54 Å². The molecule has 5 rings (SSSR count). The van der Waals surface area contributed by atoms with Gasteiger partial charge in [0, 0.05) is 46.4 Å². The molecule has 31 heavy (non-hydrogen) atoms. The largest absolute Gasteiger partial charge is 0.481 e. The maximum atomic E-state index is 10.9. The van der Waals surface area contributed by atoms with E-state index in [1.54, 1.807) is 0 Å². The SMILES string of the molecule is NCCc1cn(CCCC(=O)O)c2ccc(-c3cccc4c3oc3ccccc34)cc12. The number of carbonyl (C=O) groups is 1. The highest BCUT2D eigenvalue weighted by Gasteiger charge is 2.14. The van der Waals surface area contributed by atoms with E-state index < -0.39 is 5.97 Å². The van der Waals surface area contributed by atoms with Crippen LogP contribution in [0.3, 0.4) is 0 Å². The molecule has 3 aromatic carbocycles. The number of fused-ring (bicyclic) bond motifs is 4. The molecule has 5 nitrogen and oxygen atoms in total. The summed E-state index contributed by atoms with van der Waals surface area (Å²) in [6, 6.07) is 20.8. The van der Waals surface area contributed by atoms with Crippen LogP contribution in [0.15, 0.2) is 71.3 Å². The van der Waals surface area contributed by atoms with E-state index >= 15 is 0 Å². The summed E-state index contributed by atoms with van der Waals surface area (Å²) in [5.74, 6) is -0.764. The van der Waals surface area contributed by atoms with Crippen molar-refractivity contribution in [2.45, 2.75) is 25.8 Å². The summed E-state index contributed by atoms with van der Waals surface area (Å²) in [5, 5.41) is 12.4. The van der Waals surface area contributed by atoms with Crippen molar-refractivity contribution in [3.8, 4) is 11.1 Å². The minimum Gasteiger partial charge on any atom is -0.481 e. The van der Waals surface area contributed by atoms with E-state index in [4.69, 9.17) is 15.3 Å².